The molecule has 3 saturated carbocycles. The first-order chi connectivity index (χ1) is 12.9. The van der Waals surface area contributed by atoms with E-state index in [1.54, 1.807) is 0 Å². The van der Waals surface area contributed by atoms with Crippen molar-refractivity contribution in [1.82, 2.24) is 0 Å². The van der Waals surface area contributed by atoms with E-state index >= 15 is 0 Å². The summed E-state index contributed by atoms with van der Waals surface area (Å²) in [6.07, 6.45) is 3.56. The van der Waals surface area contributed by atoms with Gasteiger partial charge < -0.3 is 4.57 Å². The zero-order valence-corrected chi connectivity index (χ0v) is 17.2. The van der Waals surface area contributed by atoms with Crippen LogP contribution >= 0.6 is 7.14 Å². The van der Waals surface area contributed by atoms with E-state index in [9.17, 15) is 9.36 Å². The number of hydrogen-bond donors (Lipinski definition) is 0. The molecule has 27 heavy (non-hydrogen) atoms. The van der Waals surface area contributed by atoms with Gasteiger partial charge in [-0.15, -0.1) is 0 Å². The van der Waals surface area contributed by atoms with E-state index in [0.717, 1.165) is 17.5 Å². The van der Waals surface area contributed by atoms with Gasteiger partial charge in [0, 0.05) is 30.8 Å². The van der Waals surface area contributed by atoms with Gasteiger partial charge in [0.1, 0.15) is 5.78 Å². The van der Waals surface area contributed by atoms with Crippen LogP contribution < -0.4 is 0 Å². The van der Waals surface area contributed by atoms with Gasteiger partial charge in [0.05, 0.1) is 7.14 Å². The monoisotopic (exact) mass is 380 g/mol. The molecular weight excluding hydrogens is 351 g/mol. The summed E-state index contributed by atoms with van der Waals surface area (Å²) in [7, 11) is -2.56. The molecule has 2 aromatic rings. The SMILES string of the molecule is CC1(C)[C@H]2CC(=O)[C@@H](CP(=O)(Cc3ccccc3)Cc3ccccc3)[C@@H]1C2. The lowest BCUT2D eigenvalue weighted by atomic mass is 9.45. The molecule has 3 aliphatic rings. The Bertz CT molecular complexity index is 811. The van der Waals surface area contributed by atoms with Crippen LogP contribution in [0.4, 0.5) is 0 Å². The first-order valence-corrected chi connectivity index (χ1v) is 12.3. The van der Waals surface area contributed by atoms with Gasteiger partial charge >= 0.3 is 0 Å². The van der Waals surface area contributed by atoms with Crippen LogP contribution in [-0.2, 0) is 21.7 Å². The quantitative estimate of drug-likeness (QED) is 0.576. The van der Waals surface area contributed by atoms with E-state index < -0.39 is 7.14 Å². The molecular formula is C24H29O2P. The molecule has 0 aromatic heterocycles. The molecule has 3 fully saturated rings. The first kappa shape index (κ1) is 18.7. The van der Waals surface area contributed by atoms with Crippen LogP contribution in [0.15, 0.2) is 60.7 Å². The van der Waals surface area contributed by atoms with E-state index in [-0.39, 0.29) is 11.3 Å². The molecule has 2 nitrogen and oxygen atoms in total. The average Bonchev–Trinajstić information content (AvgIpc) is 2.64. The van der Waals surface area contributed by atoms with Crippen molar-refractivity contribution in [2.45, 2.75) is 39.0 Å². The Hall–Kier alpha value is -1.66. The average molecular weight is 380 g/mol. The predicted molar refractivity (Wildman–Crippen MR) is 111 cm³/mol. The molecule has 3 atom stereocenters. The lowest BCUT2D eigenvalue weighted by Crippen LogP contribution is -2.56. The smallest absolute Gasteiger partial charge is 0.137 e. The second-order valence-corrected chi connectivity index (χ2v) is 12.3. The van der Waals surface area contributed by atoms with Crippen molar-refractivity contribution in [2.24, 2.45) is 23.2 Å². The summed E-state index contributed by atoms with van der Waals surface area (Å²) in [5.41, 5.74) is 2.46. The van der Waals surface area contributed by atoms with Crippen molar-refractivity contribution < 1.29 is 9.36 Å². The highest BCUT2D eigenvalue weighted by molar-refractivity contribution is 7.62. The van der Waals surface area contributed by atoms with E-state index in [4.69, 9.17) is 0 Å². The Morgan fingerprint density at radius 3 is 1.93 bits per heavy atom. The fourth-order valence-electron chi connectivity index (χ4n) is 5.31. The van der Waals surface area contributed by atoms with Crippen molar-refractivity contribution in [3.8, 4) is 0 Å². The fraction of sp³-hybridized carbons (Fsp3) is 0.458. The van der Waals surface area contributed by atoms with Gasteiger partial charge in [0.25, 0.3) is 0 Å². The maximum Gasteiger partial charge on any atom is 0.137 e. The van der Waals surface area contributed by atoms with Gasteiger partial charge in [0.15, 0.2) is 0 Å². The Morgan fingerprint density at radius 1 is 0.926 bits per heavy atom. The molecule has 0 saturated heterocycles. The Balaban J connectivity index is 1.61. The van der Waals surface area contributed by atoms with Gasteiger partial charge in [-0.25, -0.2) is 0 Å². The first-order valence-electron chi connectivity index (χ1n) is 10.0. The molecule has 3 aliphatic carbocycles. The number of rotatable bonds is 6. The van der Waals surface area contributed by atoms with Gasteiger partial charge in [-0.2, -0.15) is 0 Å². The zero-order valence-electron chi connectivity index (χ0n) is 16.3. The molecule has 142 valence electrons. The van der Waals surface area contributed by atoms with Crippen LogP contribution in [0, 0.1) is 23.2 Å². The number of hydrogen-bond acceptors (Lipinski definition) is 2. The van der Waals surface area contributed by atoms with Gasteiger partial charge in [-0.1, -0.05) is 74.5 Å². The third kappa shape index (κ3) is 3.69. The van der Waals surface area contributed by atoms with Crippen LogP contribution in [0.5, 0.6) is 0 Å². The van der Waals surface area contributed by atoms with Crippen molar-refractivity contribution in [2.75, 3.05) is 6.16 Å². The highest BCUT2D eigenvalue weighted by Crippen LogP contribution is 2.64. The van der Waals surface area contributed by atoms with Crippen molar-refractivity contribution in [1.29, 1.82) is 0 Å². The number of benzene rings is 2. The Labute approximate surface area is 162 Å². The summed E-state index contributed by atoms with van der Waals surface area (Å²) >= 11 is 0. The molecule has 0 unspecified atom stereocenters. The van der Waals surface area contributed by atoms with Crippen LogP contribution in [-0.4, -0.2) is 11.9 Å². The van der Waals surface area contributed by atoms with Crippen LogP contribution in [0.3, 0.4) is 0 Å². The molecule has 0 aliphatic heterocycles. The minimum Gasteiger partial charge on any atom is -0.323 e. The number of fused-ring (bicyclic) bond motifs is 2. The van der Waals surface area contributed by atoms with Crippen molar-refractivity contribution in [3.05, 3.63) is 71.8 Å². The molecule has 0 amide bonds. The Morgan fingerprint density at radius 2 is 1.44 bits per heavy atom. The second kappa shape index (κ2) is 7.06. The van der Waals surface area contributed by atoms with Crippen molar-refractivity contribution >= 4 is 12.9 Å². The molecule has 0 spiro atoms. The highest BCUT2D eigenvalue weighted by atomic mass is 31.2. The van der Waals surface area contributed by atoms with Crippen LogP contribution in [0.25, 0.3) is 0 Å². The summed E-state index contributed by atoms with van der Waals surface area (Å²) in [5.74, 6) is 1.28. The topological polar surface area (TPSA) is 34.1 Å². The standard InChI is InChI=1S/C24H29O2P/c1-24(2)20-13-22(24)21(23(25)14-20)17-27(26,15-18-9-5-3-6-10-18)16-19-11-7-4-8-12-19/h3-12,20-22H,13-17H2,1-2H3/t20-,21+,22+/m1/s1. The van der Waals surface area contributed by atoms with E-state index in [1.807, 2.05) is 36.4 Å². The molecule has 0 N–H and O–H groups in total. The molecule has 2 bridgehead atoms. The number of carbonyl (C=O) groups is 1. The largest absolute Gasteiger partial charge is 0.323 e. The minimum atomic E-state index is -2.56. The fourth-order valence-corrected chi connectivity index (χ4v) is 8.61. The maximum atomic E-state index is 14.2. The maximum absolute atomic E-state index is 14.2. The van der Waals surface area contributed by atoms with Gasteiger partial charge in [0.2, 0.25) is 0 Å². The molecule has 2 aromatic carbocycles. The second-order valence-electron chi connectivity index (χ2n) is 9.17. The summed E-state index contributed by atoms with van der Waals surface area (Å²) in [5, 5.41) is 0. The van der Waals surface area contributed by atoms with Crippen LogP contribution in [0.1, 0.15) is 37.8 Å². The van der Waals surface area contributed by atoms with E-state index in [1.165, 1.54) is 0 Å². The molecule has 0 radical (unpaired) electrons. The summed E-state index contributed by atoms with van der Waals surface area (Å²) in [4.78, 5) is 12.8. The van der Waals surface area contributed by atoms with Crippen molar-refractivity contribution in [3.63, 3.8) is 0 Å². The van der Waals surface area contributed by atoms with Gasteiger partial charge in [-0.3, -0.25) is 4.79 Å². The lowest BCUT2D eigenvalue weighted by molar-refractivity contribution is -0.152. The third-order valence-corrected chi connectivity index (χ3v) is 9.99. The third-order valence-electron chi connectivity index (χ3n) is 7.05. The highest BCUT2D eigenvalue weighted by Gasteiger charge is 2.58. The molecule has 5 rings (SSSR count). The number of ketones is 1. The normalized spacial score (nSPS) is 26.4. The summed E-state index contributed by atoms with van der Waals surface area (Å²) in [6, 6.07) is 20.3. The number of carbonyl (C=O) groups excluding carboxylic acids is 1. The summed E-state index contributed by atoms with van der Waals surface area (Å²) < 4.78 is 14.2. The predicted octanol–water partition coefficient (Wildman–Crippen LogP) is 6.00. The molecule has 3 heteroatoms. The molecule has 0 heterocycles. The Kier molecular flexibility index (Phi) is 4.89. The van der Waals surface area contributed by atoms with E-state index in [2.05, 4.69) is 38.1 Å². The summed E-state index contributed by atoms with van der Waals surface area (Å²) in [6.45, 7) is 4.59. The number of Topliss-reactive ketones (excluding diaryl/α,β-unsaturated/α-hetero) is 1. The van der Waals surface area contributed by atoms with Crippen LogP contribution in [0.2, 0.25) is 0 Å². The lowest BCUT2D eigenvalue weighted by Gasteiger charge is -2.59. The van der Waals surface area contributed by atoms with Gasteiger partial charge in [-0.05, 0) is 34.8 Å². The van der Waals surface area contributed by atoms with E-state index in [0.29, 0.717) is 42.5 Å². The zero-order chi connectivity index (χ0) is 19.1. The minimum absolute atomic E-state index is 0.0248.